The van der Waals surface area contributed by atoms with Gasteiger partial charge in [0.05, 0.1) is 5.56 Å². The van der Waals surface area contributed by atoms with Crippen LogP contribution in [0.5, 0.6) is 0 Å². The Bertz CT molecular complexity index is 542. The molecule has 0 unspecified atom stereocenters. The second-order valence-corrected chi connectivity index (χ2v) is 4.47. The van der Waals surface area contributed by atoms with Gasteiger partial charge in [-0.3, -0.25) is 9.20 Å². The van der Waals surface area contributed by atoms with Gasteiger partial charge in [0.15, 0.2) is 5.65 Å². The lowest BCUT2D eigenvalue weighted by molar-refractivity contribution is 0.0937. The van der Waals surface area contributed by atoms with E-state index in [0.717, 1.165) is 18.5 Å². The summed E-state index contributed by atoms with van der Waals surface area (Å²) in [5.74, 6) is -0.00694. The van der Waals surface area contributed by atoms with Crippen molar-refractivity contribution in [3.05, 3.63) is 30.2 Å². The summed E-state index contributed by atoms with van der Waals surface area (Å²) in [6.45, 7) is 0. The second kappa shape index (κ2) is 4.16. The van der Waals surface area contributed by atoms with Crippen LogP contribution in [0.2, 0.25) is 0 Å². The van der Waals surface area contributed by atoms with Crippen molar-refractivity contribution in [1.29, 1.82) is 0 Å². The Balaban J connectivity index is 1.79. The summed E-state index contributed by atoms with van der Waals surface area (Å²) >= 11 is 0. The first-order chi connectivity index (χ1) is 8.33. The molecule has 1 saturated carbocycles. The van der Waals surface area contributed by atoms with Gasteiger partial charge in [-0.1, -0.05) is 12.8 Å². The molecule has 1 aliphatic rings. The van der Waals surface area contributed by atoms with E-state index in [2.05, 4.69) is 15.5 Å². The molecule has 1 aliphatic carbocycles. The Morgan fingerprint density at radius 2 is 2.18 bits per heavy atom. The quantitative estimate of drug-likeness (QED) is 0.848. The molecular weight excluding hydrogens is 216 g/mol. The van der Waals surface area contributed by atoms with Crippen LogP contribution in [0.25, 0.3) is 5.65 Å². The third kappa shape index (κ3) is 2.00. The lowest BCUT2D eigenvalue weighted by Crippen LogP contribution is -2.32. The van der Waals surface area contributed by atoms with E-state index in [1.807, 2.05) is 0 Å². The average molecular weight is 230 g/mol. The molecule has 0 atom stereocenters. The lowest BCUT2D eigenvalue weighted by Gasteiger charge is -2.11. The summed E-state index contributed by atoms with van der Waals surface area (Å²) in [6, 6.07) is 3.93. The Hall–Kier alpha value is -1.91. The van der Waals surface area contributed by atoms with E-state index in [-0.39, 0.29) is 5.91 Å². The number of carbonyl (C=O) groups is 1. The van der Waals surface area contributed by atoms with Gasteiger partial charge in [-0.15, -0.1) is 10.2 Å². The van der Waals surface area contributed by atoms with E-state index in [0.29, 0.717) is 11.6 Å². The maximum absolute atomic E-state index is 12.0. The van der Waals surface area contributed by atoms with Crippen molar-refractivity contribution in [2.24, 2.45) is 0 Å². The van der Waals surface area contributed by atoms with E-state index in [4.69, 9.17) is 0 Å². The topological polar surface area (TPSA) is 59.3 Å². The molecule has 88 valence electrons. The zero-order chi connectivity index (χ0) is 11.7. The first-order valence-electron chi connectivity index (χ1n) is 5.93. The van der Waals surface area contributed by atoms with Gasteiger partial charge >= 0.3 is 0 Å². The van der Waals surface area contributed by atoms with E-state index < -0.39 is 0 Å². The molecule has 2 aromatic rings. The van der Waals surface area contributed by atoms with Crippen LogP contribution >= 0.6 is 0 Å². The SMILES string of the molecule is O=C(NC1CCCC1)c1ccc2nncn2c1. The minimum absolute atomic E-state index is 0.00694. The molecule has 0 spiro atoms. The van der Waals surface area contributed by atoms with Crippen molar-refractivity contribution >= 4 is 11.6 Å². The third-order valence-electron chi connectivity index (χ3n) is 3.24. The number of carbonyl (C=O) groups excluding carboxylic acids is 1. The normalized spacial score (nSPS) is 16.5. The van der Waals surface area contributed by atoms with Crippen LogP contribution in [0, 0.1) is 0 Å². The monoisotopic (exact) mass is 230 g/mol. The van der Waals surface area contributed by atoms with Gasteiger partial charge in [-0.2, -0.15) is 0 Å². The number of fused-ring (bicyclic) bond motifs is 1. The molecule has 0 saturated heterocycles. The van der Waals surface area contributed by atoms with Gasteiger partial charge < -0.3 is 5.32 Å². The minimum Gasteiger partial charge on any atom is -0.349 e. The molecule has 0 aliphatic heterocycles. The molecule has 0 bridgehead atoms. The fourth-order valence-corrected chi connectivity index (χ4v) is 2.30. The number of aromatic nitrogens is 3. The predicted octanol–water partition coefficient (Wildman–Crippen LogP) is 1.40. The number of pyridine rings is 1. The first kappa shape index (κ1) is 10.3. The summed E-state index contributed by atoms with van der Waals surface area (Å²) in [4.78, 5) is 12.0. The zero-order valence-electron chi connectivity index (χ0n) is 9.47. The number of hydrogen-bond donors (Lipinski definition) is 1. The van der Waals surface area contributed by atoms with Crippen molar-refractivity contribution in [2.75, 3.05) is 0 Å². The van der Waals surface area contributed by atoms with Gasteiger partial charge in [0.1, 0.15) is 6.33 Å². The summed E-state index contributed by atoms with van der Waals surface area (Å²) < 4.78 is 1.75. The first-order valence-corrected chi connectivity index (χ1v) is 5.93. The van der Waals surface area contributed by atoms with Crippen molar-refractivity contribution in [3.63, 3.8) is 0 Å². The highest BCUT2D eigenvalue weighted by atomic mass is 16.1. The Morgan fingerprint density at radius 1 is 1.35 bits per heavy atom. The number of nitrogens with one attached hydrogen (secondary N) is 1. The number of rotatable bonds is 2. The van der Waals surface area contributed by atoms with Gasteiger partial charge in [0.2, 0.25) is 0 Å². The molecule has 2 heterocycles. The molecule has 1 fully saturated rings. The molecule has 2 aromatic heterocycles. The van der Waals surface area contributed by atoms with Gasteiger partial charge in [-0.25, -0.2) is 0 Å². The fourth-order valence-electron chi connectivity index (χ4n) is 2.30. The maximum atomic E-state index is 12.0. The molecule has 17 heavy (non-hydrogen) atoms. The van der Waals surface area contributed by atoms with Crippen LogP contribution < -0.4 is 5.32 Å². The summed E-state index contributed by atoms with van der Waals surface area (Å²) in [6.07, 6.45) is 7.99. The largest absolute Gasteiger partial charge is 0.349 e. The van der Waals surface area contributed by atoms with Crippen LogP contribution in [-0.2, 0) is 0 Å². The highest BCUT2D eigenvalue weighted by molar-refractivity contribution is 5.94. The van der Waals surface area contributed by atoms with Gasteiger partial charge in [-0.05, 0) is 25.0 Å². The smallest absolute Gasteiger partial charge is 0.252 e. The Morgan fingerprint density at radius 3 is 3.00 bits per heavy atom. The molecule has 1 N–H and O–H groups in total. The van der Waals surface area contributed by atoms with Crippen LogP contribution in [-0.4, -0.2) is 26.5 Å². The molecule has 5 nitrogen and oxygen atoms in total. The van der Waals surface area contributed by atoms with Crippen LogP contribution in [0.4, 0.5) is 0 Å². The average Bonchev–Trinajstić information content (AvgIpc) is 2.97. The van der Waals surface area contributed by atoms with Crippen LogP contribution in [0.3, 0.4) is 0 Å². The fraction of sp³-hybridized carbons (Fsp3) is 0.417. The Kier molecular flexibility index (Phi) is 2.51. The zero-order valence-corrected chi connectivity index (χ0v) is 9.47. The summed E-state index contributed by atoms with van der Waals surface area (Å²) in [7, 11) is 0. The number of nitrogens with zero attached hydrogens (tertiary/aromatic N) is 3. The van der Waals surface area contributed by atoms with Crippen LogP contribution in [0.1, 0.15) is 36.0 Å². The van der Waals surface area contributed by atoms with E-state index in [1.165, 1.54) is 12.8 Å². The molecule has 5 heteroatoms. The second-order valence-electron chi connectivity index (χ2n) is 4.47. The maximum Gasteiger partial charge on any atom is 0.252 e. The van der Waals surface area contributed by atoms with E-state index >= 15 is 0 Å². The molecule has 1 amide bonds. The van der Waals surface area contributed by atoms with E-state index in [1.54, 1.807) is 29.1 Å². The van der Waals surface area contributed by atoms with Crippen molar-refractivity contribution in [3.8, 4) is 0 Å². The molecule has 3 rings (SSSR count). The van der Waals surface area contributed by atoms with Crippen molar-refractivity contribution < 1.29 is 4.79 Å². The highest BCUT2D eigenvalue weighted by Gasteiger charge is 2.18. The summed E-state index contributed by atoms with van der Waals surface area (Å²) in [5.41, 5.74) is 1.41. The molecular formula is C12H14N4O. The molecule has 0 radical (unpaired) electrons. The lowest BCUT2D eigenvalue weighted by atomic mass is 10.2. The summed E-state index contributed by atoms with van der Waals surface area (Å²) in [5, 5.41) is 10.7. The predicted molar refractivity (Wildman–Crippen MR) is 62.7 cm³/mol. The number of hydrogen-bond acceptors (Lipinski definition) is 3. The highest BCUT2D eigenvalue weighted by Crippen LogP contribution is 2.18. The van der Waals surface area contributed by atoms with Gasteiger partial charge in [0, 0.05) is 12.2 Å². The Labute approximate surface area is 98.9 Å². The van der Waals surface area contributed by atoms with E-state index in [9.17, 15) is 4.79 Å². The minimum atomic E-state index is -0.00694. The van der Waals surface area contributed by atoms with Crippen molar-refractivity contribution in [1.82, 2.24) is 19.9 Å². The third-order valence-corrected chi connectivity index (χ3v) is 3.24. The van der Waals surface area contributed by atoms with Crippen LogP contribution in [0.15, 0.2) is 24.7 Å². The molecule has 0 aromatic carbocycles. The standard InChI is InChI=1S/C12H14N4O/c17-12(14-10-3-1-2-4-10)9-5-6-11-15-13-8-16(11)7-9/h5-8,10H,1-4H2,(H,14,17). The van der Waals surface area contributed by atoms with Crippen molar-refractivity contribution in [2.45, 2.75) is 31.7 Å². The number of amides is 1. The van der Waals surface area contributed by atoms with Gasteiger partial charge in [0.25, 0.3) is 5.91 Å².